The first-order valence-corrected chi connectivity index (χ1v) is 6.17. The number of ether oxygens (including phenoxy) is 2. The molecule has 2 aliphatic rings. The van der Waals surface area contributed by atoms with Gasteiger partial charge >= 0.3 is 5.97 Å². The van der Waals surface area contributed by atoms with Gasteiger partial charge < -0.3 is 14.8 Å². The van der Waals surface area contributed by atoms with E-state index >= 15 is 0 Å². The Balaban J connectivity index is 2.19. The zero-order chi connectivity index (χ0) is 12.5. The monoisotopic (exact) mass is 239 g/mol. The number of carbonyl (C=O) groups excluding carboxylic acids is 1. The van der Waals surface area contributed by atoms with Crippen LogP contribution < -0.4 is 5.32 Å². The fourth-order valence-corrected chi connectivity index (χ4v) is 2.79. The lowest BCUT2D eigenvalue weighted by Crippen LogP contribution is -2.42. The maximum absolute atomic E-state index is 11.4. The number of rotatable bonds is 1. The smallest absolute Gasteiger partial charge is 0.330 e. The van der Waals surface area contributed by atoms with E-state index in [-0.39, 0.29) is 17.2 Å². The van der Waals surface area contributed by atoms with Crippen molar-refractivity contribution in [1.82, 2.24) is 5.32 Å². The minimum atomic E-state index is -0.356. The predicted octanol–water partition coefficient (Wildman–Crippen LogP) is 1.41. The van der Waals surface area contributed by atoms with Crippen molar-refractivity contribution in [3.63, 3.8) is 0 Å². The Hall–Kier alpha value is -0.870. The Morgan fingerprint density at radius 1 is 1.41 bits per heavy atom. The molecule has 1 spiro atoms. The summed E-state index contributed by atoms with van der Waals surface area (Å²) in [5, 5.41) is 3.34. The van der Waals surface area contributed by atoms with Crippen LogP contribution in [0.3, 0.4) is 0 Å². The van der Waals surface area contributed by atoms with Crippen LogP contribution in [0.15, 0.2) is 11.6 Å². The molecule has 2 heterocycles. The van der Waals surface area contributed by atoms with E-state index in [1.165, 1.54) is 7.11 Å². The van der Waals surface area contributed by atoms with E-state index in [4.69, 9.17) is 9.47 Å². The molecule has 0 aliphatic carbocycles. The van der Waals surface area contributed by atoms with E-state index in [0.29, 0.717) is 0 Å². The minimum Gasteiger partial charge on any atom is -0.466 e. The van der Waals surface area contributed by atoms with Crippen LogP contribution in [0.1, 0.15) is 33.1 Å². The molecule has 0 aromatic carbocycles. The van der Waals surface area contributed by atoms with Gasteiger partial charge in [-0.15, -0.1) is 0 Å². The highest BCUT2D eigenvalue weighted by molar-refractivity contribution is 5.83. The van der Waals surface area contributed by atoms with Crippen molar-refractivity contribution in [3.05, 3.63) is 11.6 Å². The Kier molecular flexibility index (Phi) is 3.27. The summed E-state index contributed by atoms with van der Waals surface area (Å²) < 4.78 is 10.9. The third kappa shape index (κ3) is 2.53. The molecule has 0 aromatic heterocycles. The molecule has 0 saturated carbocycles. The van der Waals surface area contributed by atoms with Crippen LogP contribution >= 0.6 is 0 Å². The van der Waals surface area contributed by atoms with Crippen molar-refractivity contribution >= 4 is 5.97 Å². The standard InChI is InChI=1S/C13H21NO3/c1-12(2)10(8-11(15)16-3)9-13(17-12)4-6-14-7-5-13/h8,14H,4-7,9H2,1-3H3. The molecule has 0 unspecified atom stereocenters. The van der Waals surface area contributed by atoms with Gasteiger partial charge in [0.2, 0.25) is 0 Å². The summed E-state index contributed by atoms with van der Waals surface area (Å²) in [6.07, 6.45) is 4.46. The molecular formula is C13H21NO3. The number of nitrogens with one attached hydrogen (secondary N) is 1. The lowest BCUT2D eigenvalue weighted by molar-refractivity contribution is -0.135. The number of esters is 1. The first-order valence-electron chi connectivity index (χ1n) is 6.17. The topological polar surface area (TPSA) is 47.6 Å². The van der Waals surface area contributed by atoms with Crippen molar-refractivity contribution in [2.75, 3.05) is 20.2 Å². The molecule has 0 atom stereocenters. The molecule has 0 amide bonds. The van der Waals surface area contributed by atoms with Gasteiger partial charge in [-0.1, -0.05) is 0 Å². The largest absolute Gasteiger partial charge is 0.466 e. The van der Waals surface area contributed by atoms with E-state index in [0.717, 1.165) is 37.9 Å². The average Bonchev–Trinajstić information content (AvgIpc) is 2.50. The van der Waals surface area contributed by atoms with Gasteiger partial charge in [0.1, 0.15) is 0 Å². The summed E-state index contributed by atoms with van der Waals surface area (Å²) in [6, 6.07) is 0. The normalized spacial score (nSPS) is 28.5. The maximum Gasteiger partial charge on any atom is 0.330 e. The zero-order valence-corrected chi connectivity index (χ0v) is 10.8. The molecule has 0 aromatic rings. The van der Waals surface area contributed by atoms with Crippen LogP contribution in [0.2, 0.25) is 0 Å². The summed E-state index contributed by atoms with van der Waals surface area (Å²) in [5.41, 5.74) is 0.617. The summed E-state index contributed by atoms with van der Waals surface area (Å²) in [7, 11) is 1.41. The number of carbonyl (C=O) groups is 1. The van der Waals surface area contributed by atoms with Crippen molar-refractivity contribution < 1.29 is 14.3 Å². The Labute approximate surface area is 102 Å². The van der Waals surface area contributed by atoms with Crippen molar-refractivity contribution in [1.29, 1.82) is 0 Å². The summed E-state index contributed by atoms with van der Waals surface area (Å²) in [5.74, 6) is -0.289. The molecular weight excluding hydrogens is 218 g/mol. The minimum absolute atomic E-state index is 0.0748. The highest BCUT2D eigenvalue weighted by atomic mass is 16.5. The molecule has 2 saturated heterocycles. The number of hydrogen-bond acceptors (Lipinski definition) is 4. The Morgan fingerprint density at radius 2 is 2.06 bits per heavy atom. The molecule has 96 valence electrons. The van der Waals surface area contributed by atoms with Gasteiger partial charge in [0.15, 0.2) is 0 Å². The second-order valence-corrected chi connectivity index (χ2v) is 5.41. The van der Waals surface area contributed by atoms with E-state index < -0.39 is 0 Å². The third-order valence-corrected chi connectivity index (χ3v) is 3.77. The van der Waals surface area contributed by atoms with Crippen molar-refractivity contribution in [2.24, 2.45) is 0 Å². The third-order valence-electron chi connectivity index (χ3n) is 3.77. The second kappa shape index (κ2) is 4.42. The highest BCUT2D eigenvalue weighted by Gasteiger charge is 2.47. The fourth-order valence-electron chi connectivity index (χ4n) is 2.79. The van der Waals surface area contributed by atoms with Crippen LogP contribution in [-0.4, -0.2) is 37.4 Å². The van der Waals surface area contributed by atoms with E-state index in [1.807, 2.05) is 13.8 Å². The highest BCUT2D eigenvalue weighted by Crippen LogP contribution is 2.46. The van der Waals surface area contributed by atoms with Gasteiger partial charge in [-0.3, -0.25) is 0 Å². The molecule has 17 heavy (non-hydrogen) atoms. The van der Waals surface area contributed by atoms with Crippen LogP contribution in [0.5, 0.6) is 0 Å². The Morgan fingerprint density at radius 3 is 2.65 bits per heavy atom. The van der Waals surface area contributed by atoms with Crippen LogP contribution in [-0.2, 0) is 14.3 Å². The van der Waals surface area contributed by atoms with Gasteiger partial charge in [0.25, 0.3) is 0 Å². The quantitative estimate of drug-likeness (QED) is 0.555. The van der Waals surface area contributed by atoms with Gasteiger partial charge in [0, 0.05) is 12.5 Å². The van der Waals surface area contributed by atoms with Gasteiger partial charge in [0.05, 0.1) is 18.3 Å². The average molecular weight is 239 g/mol. The van der Waals surface area contributed by atoms with Gasteiger partial charge in [-0.05, 0) is 45.4 Å². The molecule has 0 radical (unpaired) electrons. The SMILES string of the molecule is COC(=O)C=C1CC2(CCNCC2)OC1(C)C. The molecule has 4 nitrogen and oxygen atoms in total. The molecule has 4 heteroatoms. The van der Waals surface area contributed by atoms with E-state index in [1.54, 1.807) is 6.08 Å². The first kappa shape index (κ1) is 12.6. The lowest BCUT2D eigenvalue weighted by atomic mass is 9.86. The van der Waals surface area contributed by atoms with E-state index in [9.17, 15) is 4.79 Å². The zero-order valence-electron chi connectivity index (χ0n) is 10.8. The molecule has 2 aliphatic heterocycles. The predicted molar refractivity (Wildman–Crippen MR) is 64.7 cm³/mol. The summed E-state index contributed by atoms with van der Waals surface area (Å²) in [6.45, 7) is 6.03. The first-order chi connectivity index (χ1) is 7.97. The molecule has 1 N–H and O–H groups in total. The van der Waals surface area contributed by atoms with Crippen LogP contribution in [0, 0.1) is 0 Å². The van der Waals surface area contributed by atoms with Crippen molar-refractivity contribution in [3.8, 4) is 0 Å². The summed E-state index contributed by atoms with van der Waals surface area (Å²) in [4.78, 5) is 11.4. The molecule has 2 rings (SSSR count). The second-order valence-electron chi connectivity index (χ2n) is 5.41. The molecule has 2 fully saturated rings. The maximum atomic E-state index is 11.4. The molecule has 0 bridgehead atoms. The van der Waals surface area contributed by atoms with Crippen LogP contribution in [0.4, 0.5) is 0 Å². The van der Waals surface area contributed by atoms with Gasteiger partial charge in [-0.25, -0.2) is 4.79 Å². The fraction of sp³-hybridized carbons (Fsp3) is 0.769. The Bertz CT molecular complexity index is 341. The summed E-state index contributed by atoms with van der Waals surface area (Å²) >= 11 is 0. The lowest BCUT2D eigenvalue weighted by Gasteiger charge is -2.35. The number of hydrogen-bond donors (Lipinski definition) is 1. The van der Waals surface area contributed by atoms with Gasteiger partial charge in [-0.2, -0.15) is 0 Å². The van der Waals surface area contributed by atoms with Crippen molar-refractivity contribution in [2.45, 2.75) is 44.3 Å². The number of methoxy groups -OCH3 is 1. The van der Waals surface area contributed by atoms with E-state index in [2.05, 4.69) is 5.32 Å². The number of piperidine rings is 1. The van der Waals surface area contributed by atoms with Crippen LogP contribution in [0.25, 0.3) is 0 Å².